The number of likely N-dealkylation sites (N-methyl/N-ethyl adjacent to an activating group) is 2. The number of nitrogens with zero attached hydrogens (tertiary/aromatic N) is 3. The number of H-pyrrole nitrogens is 1. The first-order valence-corrected chi connectivity index (χ1v) is 7.13. The van der Waals surface area contributed by atoms with Gasteiger partial charge in [0.25, 0.3) is 17.8 Å². The van der Waals surface area contributed by atoms with E-state index in [4.69, 9.17) is 0 Å². The van der Waals surface area contributed by atoms with Gasteiger partial charge >= 0.3 is 6.03 Å². The van der Waals surface area contributed by atoms with Crippen molar-refractivity contribution < 1.29 is 14.6 Å². The maximum Gasteiger partial charge on any atom is 0.331 e. The summed E-state index contributed by atoms with van der Waals surface area (Å²) in [5.41, 5.74) is 3.07. The number of fused-ring (bicyclic) bond motifs is 2. The second kappa shape index (κ2) is 4.42. The smallest absolute Gasteiger partial charge is 0.331 e. The summed E-state index contributed by atoms with van der Waals surface area (Å²) >= 11 is 0. The summed E-state index contributed by atoms with van der Waals surface area (Å²) in [6, 6.07) is 7.27. The van der Waals surface area contributed by atoms with Gasteiger partial charge in [-0.2, -0.15) is 5.43 Å². The fourth-order valence-electron chi connectivity index (χ4n) is 3.22. The van der Waals surface area contributed by atoms with E-state index in [1.54, 1.807) is 13.2 Å². The molecule has 3 heterocycles. The molecule has 0 saturated carbocycles. The van der Waals surface area contributed by atoms with Crippen LogP contribution in [0.2, 0.25) is 0 Å². The molecule has 0 bridgehead atoms. The van der Waals surface area contributed by atoms with Crippen molar-refractivity contribution in [1.82, 2.24) is 20.2 Å². The molecule has 1 atom stereocenters. The van der Waals surface area contributed by atoms with Crippen molar-refractivity contribution in [1.29, 1.82) is 0 Å². The molecule has 1 fully saturated rings. The molecule has 116 valence electrons. The zero-order valence-electron chi connectivity index (χ0n) is 12.6. The van der Waals surface area contributed by atoms with Crippen LogP contribution >= 0.6 is 0 Å². The third kappa shape index (κ3) is 1.54. The number of imide groups is 1. The first-order chi connectivity index (χ1) is 11.1. The molecular weight excluding hydrogens is 296 g/mol. The number of aromatic amines is 1. The van der Waals surface area contributed by atoms with E-state index in [2.05, 4.69) is 20.5 Å². The Labute approximate surface area is 131 Å². The number of hydrogen-bond donors (Lipinski definition) is 3. The minimum absolute atomic E-state index is 0.317. The summed E-state index contributed by atoms with van der Waals surface area (Å²) < 4.78 is 0. The van der Waals surface area contributed by atoms with Crippen molar-refractivity contribution in [3.8, 4) is 0 Å². The standard InChI is InChI=1S/C15H14N6O2/c1-20-12-15(17-8-18-19-12,13(22)21(2)14(20)23)10-7-16-11-6-4-3-5-9(10)11/h3-8,16H,1-2H3,(H,17,18)/p+1/t15-/m0/s1. The number of amides is 3. The number of carbonyl (C=O) groups is 2. The normalized spacial score (nSPS) is 23.8. The highest BCUT2D eigenvalue weighted by Crippen LogP contribution is 2.32. The average Bonchev–Trinajstić information content (AvgIpc) is 3.02. The maximum absolute atomic E-state index is 13.1. The molecule has 1 aromatic carbocycles. The van der Waals surface area contributed by atoms with Gasteiger partial charge in [-0.1, -0.05) is 23.3 Å². The molecule has 2 aliphatic rings. The van der Waals surface area contributed by atoms with Crippen molar-refractivity contribution in [3.63, 3.8) is 0 Å². The van der Waals surface area contributed by atoms with Gasteiger partial charge in [0.1, 0.15) is 0 Å². The van der Waals surface area contributed by atoms with Crippen LogP contribution in [-0.2, 0) is 10.3 Å². The molecule has 3 N–H and O–H groups in total. The average molecular weight is 311 g/mol. The summed E-state index contributed by atoms with van der Waals surface area (Å²) in [5.74, 6) is -0.0558. The van der Waals surface area contributed by atoms with Gasteiger partial charge in [0.05, 0.1) is 0 Å². The summed E-state index contributed by atoms with van der Waals surface area (Å²) in [7, 11) is 3.07. The molecule has 0 unspecified atom stereocenters. The number of rotatable bonds is 1. The second-order valence-corrected chi connectivity index (χ2v) is 5.56. The Morgan fingerprint density at radius 1 is 1.17 bits per heavy atom. The number of hydrogen-bond acceptors (Lipinski definition) is 4. The van der Waals surface area contributed by atoms with Crippen molar-refractivity contribution in [2.24, 2.45) is 5.10 Å². The number of hydrazone groups is 1. The van der Waals surface area contributed by atoms with Gasteiger partial charge < -0.3 is 4.98 Å². The predicted octanol–water partition coefficient (Wildman–Crippen LogP) is -1.09. The molecule has 2 aliphatic heterocycles. The number of carbonyl (C=O) groups excluding carboxylic acids is 2. The number of urea groups is 1. The molecule has 1 saturated heterocycles. The van der Waals surface area contributed by atoms with E-state index in [1.807, 2.05) is 24.3 Å². The van der Waals surface area contributed by atoms with Gasteiger partial charge in [-0.3, -0.25) is 19.6 Å². The third-order valence-corrected chi connectivity index (χ3v) is 4.37. The Morgan fingerprint density at radius 2 is 1.96 bits per heavy atom. The van der Waals surface area contributed by atoms with Crippen LogP contribution in [0.4, 0.5) is 4.79 Å². The lowest BCUT2D eigenvalue weighted by Gasteiger charge is -2.40. The molecule has 23 heavy (non-hydrogen) atoms. The van der Waals surface area contributed by atoms with Crippen molar-refractivity contribution in [3.05, 3.63) is 36.0 Å². The maximum atomic E-state index is 13.1. The van der Waals surface area contributed by atoms with Crippen molar-refractivity contribution >= 4 is 35.0 Å². The Morgan fingerprint density at radius 3 is 2.78 bits per heavy atom. The topological polar surface area (TPSA) is 94.8 Å². The van der Waals surface area contributed by atoms with E-state index < -0.39 is 11.6 Å². The molecule has 0 spiro atoms. The zero-order chi connectivity index (χ0) is 16.2. The van der Waals surface area contributed by atoms with Crippen LogP contribution in [0.5, 0.6) is 0 Å². The van der Waals surface area contributed by atoms with Gasteiger partial charge in [-0.05, 0) is 6.07 Å². The number of aromatic nitrogens is 1. The SMILES string of the molecule is CN1C(=O)N(C)C2=NNC=[NH+][C@]2(c2c[nH]c3ccccc23)C1=O. The van der Waals surface area contributed by atoms with Crippen LogP contribution in [0.15, 0.2) is 35.6 Å². The van der Waals surface area contributed by atoms with Gasteiger partial charge in [0, 0.05) is 36.8 Å². The van der Waals surface area contributed by atoms with Crippen LogP contribution in [0, 0.1) is 0 Å². The molecule has 0 aliphatic carbocycles. The minimum Gasteiger partial charge on any atom is -0.361 e. The fraction of sp³-hybridized carbons (Fsp3) is 0.200. The van der Waals surface area contributed by atoms with Crippen molar-refractivity contribution in [2.45, 2.75) is 5.54 Å². The zero-order valence-corrected chi connectivity index (χ0v) is 12.6. The van der Waals surface area contributed by atoms with Crippen molar-refractivity contribution in [2.75, 3.05) is 14.1 Å². The number of amidine groups is 1. The monoisotopic (exact) mass is 311 g/mol. The Balaban J connectivity index is 2.04. The van der Waals surface area contributed by atoms with E-state index in [0.717, 1.165) is 21.4 Å². The summed E-state index contributed by atoms with van der Waals surface area (Å²) in [5, 5.41) is 5.09. The molecule has 8 heteroatoms. The molecule has 4 rings (SSSR count). The second-order valence-electron chi connectivity index (χ2n) is 5.56. The summed E-state index contributed by atoms with van der Waals surface area (Å²) in [4.78, 5) is 34.0. The first kappa shape index (κ1) is 13.5. The van der Waals surface area contributed by atoms with Crippen LogP contribution < -0.4 is 10.4 Å². The quantitative estimate of drug-likeness (QED) is 0.625. The Kier molecular flexibility index (Phi) is 2.59. The van der Waals surface area contributed by atoms with E-state index in [-0.39, 0.29) is 5.91 Å². The van der Waals surface area contributed by atoms with Gasteiger partial charge in [-0.25, -0.2) is 4.79 Å². The summed E-state index contributed by atoms with van der Waals surface area (Å²) in [6.45, 7) is 0. The van der Waals surface area contributed by atoms with Crippen LogP contribution in [0.25, 0.3) is 10.9 Å². The van der Waals surface area contributed by atoms with E-state index in [1.165, 1.54) is 18.3 Å². The lowest BCUT2D eigenvalue weighted by molar-refractivity contribution is -0.523. The molecule has 8 nitrogen and oxygen atoms in total. The summed E-state index contributed by atoms with van der Waals surface area (Å²) in [6.07, 6.45) is 3.28. The molecule has 1 aromatic heterocycles. The lowest BCUT2D eigenvalue weighted by Crippen LogP contribution is -2.95. The first-order valence-electron chi connectivity index (χ1n) is 7.13. The van der Waals surface area contributed by atoms with Crippen LogP contribution in [0.1, 0.15) is 5.56 Å². The lowest BCUT2D eigenvalue weighted by atomic mass is 9.85. The Hall–Kier alpha value is -3.16. The number of benzene rings is 1. The predicted molar refractivity (Wildman–Crippen MR) is 83.5 cm³/mol. The van der Waals surface area contributed by atoms with Crippen LogP contribution in [0.3, 0.4) is 0 Å². The molecule has 2 aromatic rings. The molecular formula is C15H15N6O2+. The third-order valence-electron chi connectivity index (χ3n) is 4.37. The van der Waals surface area contributed by atoms with Gasteiger partial charge in [0.2, 0.25) is 5.84 Å². The highest BCUT2D eigenvalue weighted by atomic mass is 16.2. The molecule has 0 radical (unpaired) electrons. The van der Waals surface area contributed by atoms with Gasteiger partial charge in [0.15, 0.2) is 0 Å². The highest BCUT2D eigenvalue weighted by molar-refractivity contribution is 6.24. The van der Waals surface area contributed by atoms with Crippen LogP contribution in [-0.4, -0.2) is 53.0 Å². The number of nitrogens with one attached hydrogen (secondary N) is 3. The molecule has 3 amide bonds. The van der Waals surface area contributed by atoms with E-state index in [0.29, 0.717) is 5.84 Å². The van der Waals surface area contributed by atoms with E-state index >= 15 is 0 Å². The van der Waals surface area contributed by atoms with E-state index in [9.17, 15) is 9.59 Å². The highest BCUT2D eigenvalue weighted by Gasteiger charge is 2.59. The minimum atomic E-state index is -1.25. The Bertz CT molecular complexity index is 898. The largest absolute Gasteiger partial charge is 0.361 e. The fourth-order valence-corrected chi connectivity index (χ4v) is 3.22. The number of para-hydroxylation sites is 1. The van der Waals surface area contributed by atoms with Gasteiger partial charge in [-0.15, -0.1) is 0 Å².